The lowest BCUT2D eigenvalue weighted by molar-refractivity contribution is -0.150. The summed E-state index contributed by atoms with van der Waals surface area (Å²) in [6.07, 6.45) is 2.03. The summed E-state index contributed by atoms with van der Waals surface area (Å²) in [5.41, 5.74) is 9.98. The predicted octanol–water partition coefficient (Wildman–Crippen LogP) is 4.22. The minimum absolute atomic E-state index is 0.0184. The Hall–Kier alpha value is -5.89. The summed E-state index contributed by atoms with van der Waals surface area (Å²) in [5.74, 6) is 3.22. The molecule has 17 heteroatoms. The highest BCUT2D eigenvalue weighted by Gasteiger charge is 2.64. The van der Waals surface area contributed by atoms with Crippen LogP contribution in [-0.2, 0) is 33.5 Å². The van der Waals surface area contributed by atoms with Crippen molar-refractivity contribution < 1.29 is 53.6 Å². The first kappa shape index (κ1) is 47.4. The SMILES string of the molecule is COc1c(C)cc2c(c1C)[C@@H]1[C@@H]3CC4(O)C(=O)C(C)=C5OCOC5=C4[C@H](CO)N3[C@@H](C#N)C(C2)N1C.COc1c(C)cc2c(c1C)[C@@H]1[C@@H]3Cc4c(O)c(C)c5c(c4[C@H](CO)N3[C@@H](C#N)C(C2)N1C)OCO5. The number of ether oxygens (including phenoxy) is 6. The van der Waals surface area contributed by atoms with Crippen LogP contribution in [0.4, 0.5) is 0 Å². The van der Waals surface area contributed by atoms with Crippen LogP contribution in [0.5, 0.6) is 28.7 Å². The maximum atomic E-state index is 13.6. The molecule has 3 aromatic rings. The molecule has 0 spiro atoms. The fourth-order valence-corrected chi connectivity index (χ4v) is 15.0. The number of Topliss-reactive ketones (excluding diaryl/α,β-unsaturated/α-hetero) is 1. The van der Waals surface area contributed by atoms with Crippen molar-refractivity contribution in [2.75, 3.05) is 55.1 Å². The lowest BCUT2D eigenvalue weighted by atomic mass is 9.64. The normalized spacial score (nSPS) is 32.0. The van der Waals surface area contributed by atoms with Gasteiger partial charge in [-0.25, -0.2) is 0 Å². The Balaban J connectivity index is 0.000000154. The van der Waals surface area contributed by atoms with Crippen molar-refractivity contribution in [2.24, 2.45) is 0 Å². The van der Waals surface area contributed by atoms with E-state index in [1.165, 1.54) is 11.1 Å². The smallest absolute Gasteiger partial charge is 0.231 e. The summed E-state index contributed by atoms with van der Waals surface area (Å²) in [7, 11) is 7.48. The number of aliphatic hydroxyl groups excluding tert-OH is 2. The first-order chi connectivity index (χ1) is 34.0. The van der Waals surface area contributed by atoms with Crippen molar-refractivity contribution in [1.29, 1.82) is 10.5 Å². The van der Waals surface area contributed by atoms with E-state index in [0.29, 0.717) is 52.6 Å². The number of carbonyl (C=O) groups excluding carboxylic acids is 1. The number of phenols is 1. The number of nitriles is 2. The van der Waals surface area contributed by atoms with Crippen molar-refractivity contribution in [3.63, 3.8) is 0 Å². The molecule has 4 bridgehead atoms. The number of nitrogens with zero attached hydrogens (tertiary/aromatic N) is 6. The van der Waals surface area contributed by atoms with E-state index in [9.17, 15) is 35.7 Å². The van der Waals surface area contributed by atoms with E-state index >= 15 is 0 Å². The summed E-state index contributed by atoms with van der Waals surface area (Å²) < 4.78 is 34.4. The molecule has 9 aliphatic rings. The summed E-state index contributed by atoms with van der Waals surface area (Å²) >= 11 is 0. The zero-order valence-corrected chi connectivity index (χ0v) is 41.9. The van der Waals surface area contributed by atoms with Crippen LogP contribution in [0.1, 0.15) is 92.7 Å². The monoisotopic (exact) mass is 970 g/mol. The van der Waals surface area contributed by atoms with Gasteiger partial charge in [0.25, 0.3) is 0 Å². The van der Waals surface area contributed by atoms with Crippen LogP contribution in [0, 0.1) is 57.3 Å². The maximum absolute atomic E-state index is 13.6. The third-order valence-corrected chi connectivity index (χ3v) is 17.8. The third-order valence-electron chi connectivity index (χ3n) is 17.8. The third kappa shape index (κ3) is 6.24. The predicted molar refractivity (Wildman–Crippen MR) is 256 cm³/mol. The summed E-state index contributed by atoms with van der Waals surface area (Å²) in [6, 6.07) is 6.27. The molecule has 8 heterocycles. The van der Waals surface area contributed by atoms with Gasteiger partial charge in [0.15, 0.2) is 34.4 Å². The molecule has 3 aromatic carbocycles. The van der Waals surface area contributed by atoms with Gasteiger partial charge in [0.1, 0.15) is 29.3 Å². The second kappa shape index (κ2) is 16.8. The summed E-state index contributed by atoms with van der Waals surface area (Å²) in [6.45, 7) is 11.2. The van der Waals surface area contributed by atoms with E-state index < -0.39 is 41.6 Å². The Morgan fingerprint density at radius 3 is 1.73 bits per heavy atom. The van der Waals surface area contributed by atoms with Gasteiger partial charge in [0.05, 0.1) is 63.7 Å². The van der Waals surface area contributed by atoms with Crippen molar-refractivity contribution >= 4 is 5.78 Å². The van der Waals surface area contributed by atoms with Gasteiger partial charge in [0, 0.05) is 58.4 Å². The average molecular weight is 971 g/mol. The Morgan fingerprint density at radius 1 is 0.690 bits per heavy atom. The standard InChI is InChI=1S/C27H31N3O6.C27H31N3O5/c1-12-6-15-7-16-18(9-28)30-17(22(29(16)4)20(15)13(2)23(12)34-5)8-27(33)21(19(30)10-31)25-24(35-11-36-25)14(3)26(27)32;1-12-6-15-7-17-19(9-28)30-18(23(29(17)4)21(15)13(2)25(12)33-5)8-16-22(20(30)10-31)27-26(34-11-35-27)14(3)24(16)32/h6,16-19,22,31,33H,7-8,10-11H2,1-5H3;6,17-20,23,31-32H,7-8,10-11H2,1-5H3/t16?,17-,18-,19-,22-,27?;17?,18-,19-,20-,23-/m00/s1. The number of piperidine rings is 1. The Labute approximate surface area is 413 Å². The van der Waals surface area contributed by atoms with E-state index in [2.05, 4.69) is 59.9 Å². The number of ketones is 1. The van der Waals surface area contributed by atoms with Crippen LogP contribution in [0.2, 0.25) is 0 Å². The number of fused-ring (bicyclic) bond motifs is 17. The zero-order chi connectivity index (χ0) is 50.4. The lowest BCUT2D eigenvalue weighted by Gasteiger charge is -2.62. The molecular weight excluding hydrogens is 909 g/mol. The fraction of sp³-hybridized carbons (Fsp3) is 0.537. The van der Waals surface area contributed by atoms with E-state index in [-0.39, 0.29) is 69.2 Å². The molecule has 374 valence electrons. The highest BCUT2D eigenvalue weighted by atomic mass is 16.7. The number of aryl methyl sites for hydroxylation is 2. The fourth-order valence-electron chi connectivity index (χ4n) is 15.0. The molecule has 0 saturated carbocycles. The lowest BCUT2D eigenvalue weighted by Crippen LogP contribution is -2.74. The Morgan fingerprint density at radius 2 is 1.20 bits per heavy atom. The minimum Gasteiger partial charge on any atom is -0.507 e. The van der Waals surface area contributed by atoms with Gasteiger partial charge in [-0.15, -0.1) is 0 Å². The molecule has 4 saturated heterocycles. The Kier molecular flexibility index (Phi) is 11.3. The molecule has 3 unspecified atom stereocenters. The van der Waals surface area contributed by atoms with Crippen LogP contribution in [0.25, 0.3) is 0 Å². The topological polar surface area (TPSA) is 214 Å². The molecule has 0 aromatic heterocycles. The number of likely N-dealkylation sites (N-methyl/N-ethyl adjacent to an activating group) is 2. The van der Waals surface area contributed by atoms with Crippen LogP contribution in [0.3, 0.4) is 0 Å². The van der Waals surface area contributed by atoms with Gasteiger partial charge in [-0.3, -0.25) is 24.4 Å². The highest BCUT2D eigenvalue weighted by molar-refractivity contribution is 6.06. The zero-order valence-electron chi connectivity index (χ0n) is 41.9. The molecule has 0 radical (unpaired) electrons. The number of aliphatic hydroxyl groups is 3. The van der Waals surface area contributed by atoms with Crippen LogP contribution < -0.4 is 18.9 Å². The highest BCUT2D eigenvalue weighted by Crippen LogP contribution is 2.59. The number of hydrogen-bond acceptors (Lipinski definition) is 17. The number of carbonyl (C=O) groups is 1. The second-order valence-corrected chi connectivity index (χ2v) is 20.8. The molecule has 12 rings (SSSR count). The van der Waals surface area contributed by atoms with Gasteiger partial charge in [-0.05, 0) is 119 Å². The average Bonchev–Trinajstić information content (AvgIpc) is 4.05. The van der Waals surface area contributed by atoms with Gasteiger partial charge in [-0.1, -0.05) is 12.1 Å². The number of phenolic OH excluding ortho intramolecular Hbond substituents is 1. The molecule has 8 aliphatic heterocycles. The van der Waals surface area contributed by atoms with E-state index in [0.717, 1.165) is 62.4 Å². The van der Waals surface area contributed by atoms with Crippen LogP contribution in [-0.4, -0.2) is 149 Å². The molecule has 4 fully saturated rings. The number of methoxy groups -OCH3 is 2. The molecule has 0 amide bonds. The van der Waals surface area contributed by atoms with Gasteiger partial charge in [0.2, 0.25) is 13.6 Å². The second-order valence-electron chi connectivity index (χ2n) is 20.8. The van der Waals surface area contributed by atoms with E-state index in [4.69, 9.17) is 28.4 Å². The first-order valence-corrected chi connectivity index (χ1v) is 24.5. The van der Waals surface area contributed by atoms with Crippen molar-refractivity contribution in [1.82, 2.24) is 19.6 Å². The molecule has 17 nitrogen and oxygen atoms in total. The van der Waals surface area contributed by atoms with Crippen molar-refractivity contribution in [3.05, 3.63) is 96.0 Å². The quantitative estimate of drug-likeness (QED) is 0.288. The summed E-state index contributed by atoms with van der Waals surface area (Å²) in [4.78, 5) is 22.4. The van der Waals surface area contributed by atoms with E-state index in [1.54, 1.807) is 21.1 Å². The number of hydrogen-bond donors (Lipinski definition) is 4. The molecule has 4 N–H and O–H groups in total. The van der Waals surface area contributed by atoms with Crippen LogP contribution >= 0.6 is 0 Å². The van der Waals surface area contributed by atoms with Crippen molar-refractivity contribution in [2.45, 2.75) is 133 Å². The number of rotatable bonds is 4. The first-order valence-electron chi connectivity index (χ1n) is 24.5. The number of benzene rings is 3. The Bertz CT molecular complexity index is 2970. The van der Waals surface area contributed by atoms with Crippen molar-refractivity contribution in [3.8, 4) is 40.9 Å². The van der Waals surface area contributed by atoms with Gasteiger partial charge < -0.3 is 48.8 Å². The van der Waals surface area contributed by atoms with Gasteiger partial charge >= 0.3 is 0 Å². The molecule has 71 heavy (non-hydrogen) atoms. The minimum atomic E-state index is -1.86. The number of piperazine rings is 2. The van der Waals surface area contributed by atoms with Crippen LogP contribution in [0.15, 0.2) is 34.8 Å². The van der Waals surface area contributed by atoms with E-state index in [1.807, 2.05) is 32.7 Å². The molecule has 11 atom stereocenters. The largest absolute Gasteiger partial charge is 0.507 e. The summed E-state index contributed by atoms with van der Waals surface area (Å²) in [5, 5.41) is 65.6. The molecular formula is C54H62N6O11. The maximum Gasteiger partial charge on any atom is 0.231 e. The van der Waals surface area contributed by atoms with Gasteiger partial charge in [-0.2, -0.15) is 10.5 Å². The molecule has 1 aliphatic carbocycles. The number of aromatic hydroxyl groups is 1.